The van der Waals surface area contributed by atoms with E-state index in [4.69, 9.17) is 19.6 Å². The van der Waals surface area contributed by atoms with Crippen molar-refractivity contribution in [2.75, 3.05) is 19.8 Å². The molecule has 1 aliphatic heterocycles. The summed E-state index contributed by atoms with van der Waals surface area (Å²) >= 11 is 3.68. The summed E-state index contributed by atoms with van der Waals surface area (Å²) in [6.45, 7) is 3.13. The number of benzene rings is 4. The minimum absolute atomic E-state index is 0.0755. The molecule has 4 aromatic carbocycles. The topological polar surface area (TPSA) is 92.2 Å². The van der Waals surface area contributed by atoms with Gasteiger partial charge in [0.25, 0.3) is 5.91 Å². The highest BCUT2D eigenvalue weighted by Crippen LogP contribution is 2.43. The van der Waals surface area contributed by atoms with Crippen molar-refractivity contribution >= 4 is 27.7 Å². The minimum Gasteiger partial charge on any atom is -0.494 e. The van der Waals surface area contributed by atoms with Crippen LogP contribution in [0.1, 0.15) is 40.3 Å². The smallest absolute Gasteiger partial charge is 0.266 e. The molecule has 0 saturated heterocycles. The Labute approximate surface area is 261 Å². The molecular formula is C35H36BrN3O4. The maximum absolute atomic E-state index is 14.3. The van der Waals surface area contributed by atoms with E-state index < -0.39 is 11.6 Å². The highest BCUT2D eigenvalue weighted by Gasteiger charge is 2.53. The molecule has 0 aromatic heterocycles. The van der Waals surface area contributed by atoms with Crippen LogP contribution in [0.25, 0.3) is 0 Å². The van der Waals surface area contributed by atoms with Gasteiger partial charge in [0.05, 0.1) is 6.61 Å². The number of amides is 1. The lowest BCUT2D eigenvalue weighted by Gasteiger charge is -2.31. The highest BCUT2D eigenvalue weighted by molar-refractivity contribution is 9.10. The Morgan fingerprint density at radius 1 is 0.977 bits per heavy atom. The molecule has 0 radical (unpaired) electrons. The Morgan fingerprint density at radius 2 is 1.70 bits per heavy atom. The van der Waals surface area contributed by atoms with Gasteiger partial charge in [-0.1, -0.05) is 94.3 Å². The number of halogens is 1. The number of aryl methyl sites for hydroxylation is 1. The molecule has 7 nitrogen and oxygen atoms in total. The zero-order valence-corrected chi connectivity index (χ0v) is 25.7. The fourth-order valence-electron chi connectivity index (χ4n) is 5.05. The van der Waals surface area contributed by atoms with Gasteiger partial charge >= 0.3 is 0 Å². The number of hydrogen-bond donors (Lipinski definition) is 3. The number of hydrogen-bond acceptors (Lipinski definition) is 6. The SMILES string of the molecule is Cc1ccc(CCNNC(=O)[C@@]2(Cc3ccccc3Br)N=C(c3ccc(OCCCO)cc3)O[C@H]2c2ccccc2)cc1. The van der Waals surface area contributed by atoms with Crippen LogP contribution in [0.2, 0.25) is 0 Å². The van der Waals surface area contributed by atoms with Crippen molar-refractivity contribution in [3.63, 3.8) is 0 Å². The Kier molecular flexibility index (Phi) is 10.3. The molecule has 0 fully saturated rings. The molecule has 222 valence electrons. The second-order valence-electron chi connectivity index (χ2n) is 10.6. The maximum atomic E-state index is 14.3. The summed E-state index contributed by atoms with van der Waals surface area (Å²) < 4.78 is 13.2. The Bertz CT molecular complexity index is 1530. The van der Waals surface area contributed by atoms with E-state index in [9.17, 15) is 4.79 Å². The van der Waals surface area contributed by atoms with Crippen LogP contribution < -0.4 is 15.6 Å². The molecule has 0 bridgehead atoms. The van der Waals surface area contributed by atoms with Crippen LogP contribution in [-0.4, -0.2) is 42.2 Å². The molecule has 8 heteroatoms. The standard InChI is InChI=1S/C35H36BrN3O4/c1-25-12-14-26(15-13-25)20-21-37-39-34(41)35(24-29-10-5-6-11-31(29)36)32(27-8-3-2-4-9-27)43-33(38-35)28-16-18-30(19-17-28)42-23-7-22-40/h2-6,8-19,32,37,40H,7,20-24H2,1H3,(H,39,41)/t32-,35-/m0/s1. The number of carbonyl (C=O) groups excluding carboxylic acids is 1. The second kappa shape index (κ2) is 14.5. The first-order chi connectivity index (χ1) is 21.0. The average Bonchev–Trinajstić information content (AvgIpc) is 3.42. The van der Waals surface area contributed by atoms with Gasteiger partial charge in [-0.25, -0.2) is 10.4 Å². The quantitative estimate of drug-likeness (QED) is 0.125. The second-order valence-corrected chi connectivity index (χ2v) is 11.4. The summed E-state index contributed by atoms with van der Waals surface area (Å²) in [6, 6.07) is 33.4. The number of aliphatic hydroxyl groups is 1. The first kappa shape index (κ1) is 30.5. The lowest BCUT2D eigenvalue weighted by atomic mass is 9.82. The van der Waals surface area contributed by atoms with Gasteiger partial charge in [-0.05, 0) is 60.4 Å². The van der Waals surface area contributed by atoms with Gasteiger partial charge < -0.3 is 14.6 Å². The average molecular weight is 643 g/mol. The molecule has 3 N–H and O–H groups in total. The lowest BCUT2D eigenvalue weighted by Crippen LogP contribution is -2.54. The number of carbonyl (C=O) groups is 1. The maximum Gasteiger partial charge on any atom is 0.266 e. The number of nitrogens with zero attached hydrogens (tertiary/aromatic N) is 1. The summed E-state index contributed by atoms with van der Waals surface area (Å²) in [6.07, 6.45) is 0.959. The Balaban J connectivity index is 1.46. The van der Waals surface area contributed by atoms with Gasteiger partial charge in [0.15, 0.2) is 11.6 Å². The van der Waals surface area contributed by atoms with Crippen molar-refractivity contribution in [1.82, 2.24) is 10.9 Å². The molecule has 0 unspecified atom stereocenters. The molecule has 43 heavy (non-hydrogen) atoms. The summed E-state index contributed by atoms with van der Waals surface area (Å²) in [5, 5.41) is 9.04. The zero-order chi connectivity index (χ0) is 30.1. The predicted molar refractivity (Wildman–Crippen MR) is 172 cm³/mol. The van der Waals surface area contributed by atoms with E-state index in [1.165, 1.54) is 11.1 Å². The number of ether oxygens (including phenoxy) is 2. The first-order valence-corrected chi connectivity index (χ1v) is 15.3. The molecule has 1 aliphatic rings. The van der Waals surface area contributed by atoms with E-state index in [1.807, 2.05) is 78.9 Å². The van der Waals surface area contributed by atoms with E-state index in [0.717, 1.165) is 27.6 Å². The highest BCUT2D eigenvalue weighted by atomic mass is 79.9. The van der Waals surface area contributed by atoms with E-state index in [1.54, 1.807) is 0 Å². The van der Waals surface area contributed by atoms with Crippen molar-refractivity contribution < 1.29 is 19.4 Å². The molecule has 0 aliphatic carbocycles. The van der Waals surface area contributed by atoms with Crippen LogP contribution in [0.15, 0.2) is 113 Å². The van der Waals surface area contributed by atoms with Gasteiger partial charge in [0.1, 0.15) is 5.75 Å². The normalized spacial score (nSPS) is 17.7. The number of rotatable bonds is 13. The molecule has 1 amide bonds. The van der Waals surface area contributed by atoms with E-state index in [2.05, 4.69) is 58.0 Å². The molecule has 2 atom stereocenters. The first-order valence-electron chi connectivity index (χ1n) is 14.5. The number of nitrogens with one attached hydrogen (secondary N) is 2. The Morgan fingerprint density at radius 3 is 2.42 bits per heavy atom. The van der Waals surface area contributed by atoms with Crippen LogP contribution in [0.4, 0.5) is 0 Å². The lowest BCUT2D eigenvalue weighted by molar-refractivity contribution is -0.130. The largest absolute Gasteiger partial charge is 0.494 e. The summed E-state index contributed by atoms with van der Waals surface area (Å²) in [7, 11) is 0. The van der Waals surface area contributed by atoms with Crippen molar-refractivity contribution in [1.29, 1.82) is 0 Å². The van der Waals surface area contributed by atoms with Crippen LogP contribution in [0, 0.1) is 6.92 Å². The summed E-state index contributed by atoms with van der Waals surface area (Å²) in [4.78, 5) is 19.4. The van der Waals surface area contributed by atoms with Crippen LogP contribution in [0.5, 0.6) is 5.75 Å². The summed E-state index contributed by atoms with van der Waals surface area (Å²) in [5.74, 6) is 0.794. The van der Waals surface area contributed by atoms with Gasteiger partial charge in [0, 0.05) is 36.0 Å². The van der Waals surface area contributed by atoms with Gasteiger partial charge in [-0.3, -0.25) is 10.2 Å². The predicted octanol–water partition coefficient (Wildman–Crippen LogP) is 5.88. The van der Waals surface area contributed by atoms with Crippen LogP contribution in [-0.2, 0) is 22.4 Å². The molecule has 0 spiro atoms. The third-order valence-electron chi connectivity index (χ3n) is 7.41. The summed E-state index contributed by atoms with van der Waals surface area (Å²) in [5.41, 5.74) is 9.74. The number of aliphatic hydroxyl groups excluding tert-OH is 1. The van der Waals surface area contributed by atoms with Gasteiger partial charge in [0.2, 0.25) is 5.90 Å². The molecule has 5 rings (SSSR count). The molecule has 4 aromatic rings. The monoisotopic (exact) mass is 641 g/mol. The third-order valence-corrected chi connectivity index (χ3v) is 8.18. The van der Waals surface area contributed by atoms with Crippen molar-refractivity contribution in [3.05, 3.63) is 135 Å². The van der Waals surface area contributed by atoms with E-state index in [-0.39, 0.29) is 12.5 Å². The van der Waals surface area contributed by atoms with Crippen molar-refractivity contribution in [2.45, 2.75) is 37.8 Å². The zero-order valence-electron chi connectivity index (χ0n) is 24.1. The van der Waals surface area contributed by atoms with Crippen LogP contribution >= 0.6 is 15.9 Å². The third kappa shape index (κ3) is 7.51. The number of aliphatic imine (C=N–C) groups is 1. The van der Waals surface area contributed by atoms with Crippen LogP contribution in [0.3, 0.4) is 0 Å². The minimum atomic E-state index is -1.30. The fourth-order valence-corrected chi connectivity index (χ4v) is 5.48. The molecule has 1 heterocycles. The van der Waals surface area contributed by atoms with E-state index in [0.29, 0.717) is 37.6 Å². The van der Waals surface area contributed by atoms with Crippen molar-refractivity contribution in [3.8, 4) is 5.75 Å². The van der Waals surface area contributed by atoms with E-state index >= 15 is 0 Å². The Hall–Kier alpha value is -3.98. The molecular weight excluding hydrogens is 606 g/mol. The van der Waals surface area contributed by atoms with Crippen molar-refractivity contribution in [2.24, 2.45) is 4.99 Å². The van der Waals surface area contributed by atoms with Gasteiger partial charge in [-0.2, -0.15) is 0 Å². The number of hydrazine groups is 1. The van der Waals surface area contributed by atoms with Gasteiger partial charge in [-0.15, -0.1) is 0 Å². The molecule has 0 saturated carbocycles. The fraction of sp³-hybridized carbons (Fsp3) is 0.257.